The summed E-state index contributed by atoms with van der Waals surface area (Å²) in [7, 11) is 0. The number of hydrogen-bond donors (Lipinski definition) is 0. The van der Waals surface area contributed by atoms with E-state index in [0.29, 0.717) is 12.3 Å². The number of carbonyl (C=O) groups is 1. The molecule has 122 valence electrons. The van der Waals surface area contributed by atoms with Crippen LogP contribution in [0.4, 0.5) is 0 Å². The zero-order chi connectivity index (χ0) is 16.4. The van der Waals surface area contributed by atoms with Gasteiger partial charge in [-0.05, 0) is 38.7 Å². The molecule has 23 heavy (non-hydrogen) atoms. The molecule has 3 rings (SSSR count). The Balaban J connectivity index is 1.75. The molecule has 1 unspecified atom stereocenters. The first-order valence-electron chi connectivity index (χ1n) is 8.34. The molecule has 0 bridgehead atoms. The number of thiazole rings is 1. The number of aryl methyl sites for hydroxylation is 2. The van der Waals surface area contributed by atoms with Crippen molar-refractivity contribution in [2.24, 2.45) is 5.92 Å². The van der Waals surface area contributed by atoms with Crippen LogP contribution in [0.2, 0.25) is 0 Å². The summed E-state index contributed by atoms with van der Waals surface area (Å²) in [5.74, 6) is 0.872. The summed E-state index contributed by atoms with van der Waals surface area (Å²) in [6, 6.07) is 8.38. The maximum Gasteiger partial charge on any atom is 0.227 e. The van der Waals surface area contributed by atoms with Crippen molar-refractivity contribution >= 4 is 17.2 Å². The Morgan fingerprint density at radius 1 is 1.39 bits per heavy atom. The van der Waals surface area contributed by atoms with Crippen LogP contribution in [0.3, 0.4) is 0 Å². The predicted molar refractivity (Wildman–Crippen MR) is 95.7 cm³/mol. The van der Waals surface area contributed by atoms with Gasteiger partial charge in [0.25, 0.3) is 0 Å². The molecule has 0 spiro atoms. The van der Waals surface area contributed by atoms with Crippen molar-refractivity contribution in [1.29, 1.82) is 0 Å². The third kappa shape index (κ3) is 3.81. The van der Waals surface area contributed by atoms with E-state index in [4.69, 9.17) is 0 Å². The van der Waals surface area contributed by atoms with E-state index in [1.165, 1.54) is 12.0 Å². The van der Waals surface area contributed by atoms with Crippen molar-refractivity contribution in [2.45, 2.75) is 40.0 Å². The summed E-state index contributed by atoms with van der Waals surface area (Å²) in [5.41, 5.74) is 3.36. The Labute approximate surface area is 142 Å². The summed E-state index contributed by atoms with van der Waals surface area (Å²) >= 11 is 1.66. The van der Waals surface area contributed by atoms with E-state index in [1.54, 1.807) is 11.3 Å². The van der Waals surface area contributed by atoms with Gasteiger partial charge in [-0.1, -0.05) is 30.7 Å². The third-order valence-electron chi connectivity index (χ3n) is 4.48. The Bertz CT molecular complexity index is 707. The van der Waals surface area contributed by atoms with E-state index in [-0.39, 0.29) is 5.91 Å². The van der Waals surface area contributed by atoms with Crippen LogP contribution in [-0.2, 0) is 11.2 Å². The Morgan fingerprint density at radius 2 is 2.22 bits per heavy atom. The molecule has 3 nitrogen and oxygen atoms in total. The normalized spacial score (nSPS) is 18.2. The van der Waals surface area contributed by atoms with Crippen molar-refractivity contribution in [3.8, 4) is 10.6 Å². The lowest BCUT2D eigenvalue weighted by Gasteiger charge is -2.30. The molecule has 0 N–H and O–H groups in total. The Morgan fingerprint density at radius 3 is 2.96 bits per heavy atom. The van der Waals surface area contributed by atoms with Crippen LogP contribution in [0.5, 0.6) is 0 Å². The second kappa shape index (κ2) is 6.83. The number of carbonyl (C=O) groups excluding carboxylic acids is 1. The molecule has 2 heterocycles. The molecule has 0 radical (unpaired) electrons. The minimum atomic E-state index is 0.249. The molecule has 0 saturated carbocycles. The van der Waals surface area contributed by atoms with Crippen LogP contribution in [0.25, 0.3) is 10.6 Å². The first-order chi connectivity index (χ1) is 11.0. The largest absolute Gasteiger partial charge is 0.342 e. The van der Waals surface area contributed by atoms with E-state index in [1.807, 2.05) is 11.8 Å². The number of hydrogen-bond acceptors (Lipinski definition) is 3. The van der Waals surface area contributed by atoms with Crippen molar-refractivity contribution in [3.05, 3.63) is 40.4 Å². The minimum Gasteiger partial charge on any atom is -0.342 e. The first kappa shape index (κ1) is 16.2. The second-order valence-corrected chi connectivity index (χ2v) is 7.74. The SMILES string of the molecule is Cc1cccc(-c2nc(C)c(CC(=O)N3CCCC(C)C3)s2)c1. The zero-order valence-corrected chi connectivity index (χ0v) is 14.9. The molecule has 1 amide bonds. The fourth-order valence-electron chi connectivity index (χ4n) is 3.16. The van der Waals surface area contributed by atoms with Gasteiger partial charge in [-0.3, -0.25) is 4.79 Å². The number of nitrogens with zero attached hydrogens (tertiary/aromatic N) is 2. The average Bonchev–Trinajstić information content (AvgIpc) is 2.88. The lowest BCUT2D eigenvalue weighted by Crippen LogP contribution is -2.39. The Hall–Kier alpha value is -1.68. The quantitative estimate of drug-likeness (QED) is 0.845. The van der Waals surface area contributed by atoms with Crippen molar-refractivity contribution in [1.82, 2.24) is 9.88 Å². The molecule has 1 aromatic carbocycles. The number of benzene rings is 1. The van der Waals surface area contributed by atoms with Gasteiger partial charge in [0.2, 0.25) is 5.91 Å². The van der Waals surface area contributed by atoms with Gasteiger partial charge in [0.1, 0.15) is 5.01 Å². The number of rotatable bonds is 3. The van der Waals surface area contributed by atoms with Gasteiger partial charge >= 0.3 is 0 Å². The van der Waals surface area contributed by atoms with Crippen LogP contribution in [0.1, 0.15) is 35.9 Å². The van der Waals surface area contributed by atoms with Crippen LogP contribution in [0, 0.1) is 19.8 Å². The van der Waals surface area contributed by atoms with Gasteiger partial charge < -0.3 is 4.90 Å². The molecular formula is C19H24N2OS. The highest BCUT2D eigenvalue weighted by Crippen LogP contribution is 2.29. The molecule has 4 heteroatoms. The summed E-state index contributed by atoms with van der Waals surface area (Å²) in [6.07, 6.45) is 2.85. The summed E-state index contributed by atoms with van der Waals surface area (Å²) in [4.78, 5) is 20.4. The zero-order valence-electron chi connectivity index (χ0n) is 14.1. The second-order valence-electron chi connectivity index (χ2n) is 6.66. The minimum absolute atomic E-state index is 0.249. The van der Waals surface area contributed by atoms with Crippen LogP contribution >= 0.6 is 11.3 Å². The molecule has 1 fully saturated rings. The van der Waals surface area contributed by atoms with E-state index >= 15 is 0 Å². The molecule has 1 aliphatic heterocycles. The van der Waals surface area contributed by atoms with Gasteiger partial charge in [-0.2, -0.15) is 0 Å². The molecular weight excluding hydrogens is 304 g/mol. The van der Waals surface area contributed by atoms with Crippen LogP contribution < -0.4 is 0 Å². The van der Waals surface area contributed by atoms with Gasteiger partial charge in [-0.25, -0.2) is 4.98 Å². The van der Waals surface area contributed by atoms with Crippen LogP contribution in [-0.4, -0.2) is 28.9 Å². The summed E-state index contributed by atoms with van der Waals surface area (Å²) in [6.45, 7) is 8.14. The highest BCUT2D eigenvalue weighted by Gasteiger charge is 2.22. The third-order valence-corrected chi connectivity index (χ3v) is 5.69. The maximum absolute atomic E-state index is 12.6. The smallest absolute Gasteiger partial charge is 0.227 e. The molecule has 1 aliphatic rings. The van der Waals surface area contributed by atoms with Gasteiger partial charge in [0.05, 0.1) is 12.1 Å². The summed E-state index contributed by atoms with van der Waals surface area (Å²) in [5, 5.41) is 1.01. The lowest BCUT2D eigenvalue weighted by atomic mass is 10.00. The van der Waals surface area contributed by atoms with E-state index in [9.17, 15) is 4.79 Å². The number of likely N-dealkylation sites (tertiary alicyclic amines) is 1. The van der Waals surface area contributed by atoms with Crippen molar-refractivity contribution in [3.63, 3.8) is 0 Å². The molecule has 1 saturated heterocycles. The van der Waals surface area contributed by atoms with Crippen molar-refractivity contribution in [2.75, 3.05) is 13.1 Å². The van der Waals surface area contributed by atoms with Gasteiger partial charge in [0.15, 0.2) is 0 Å². The summed E-state index contributed by atoms with van der Waals surface area (Å²) < 4.78 is 0. The lowest BCUT2D eigenvalue weighted by molar-refractivity contribution is -0.132. The molecule has 2 aromatic rings. The monoisotopic (exact) mass is 328 g/mol. The fraction of sp³-hybridized carbons (Fsp3) is 0.474. The highest BCUT2D eigenvalue weighted by atomic mass is 32.1. The maximum atomic E-state index is 12.6. The predicted octanol–water partition coefficient (Wildman–Crippen LogP) is 4.23. The molecule has 1 atom stereocenters. The number of piperidine rings is 1. The van der Waals surface area contributed by atoms with Gasteiger partial charge in [0, 0.05) is 23.5 Å². The van der Waals surface area contributed by atoms with E-state index in [2.05, 4.69) is 43.1 Å². The van der Waals surface area contributed by atoms with Crippen molar-refractivity contribution < 1.29 is 4.79 Å². The van der Waals surface area contributed by atoms with E-state index < -0.39 is 0 Å². The Kier molecular flexibility index (Phi) is 4.81. The van der Waals surface area contributed by atoms with E-state index in [0.717, 1.165) is 40.7 Å². The fourth-order valence-corrected chi connectivity index (χ4v) is 4.21. The highest BCUT2D eigenvalue weighted by molar-refractivity contribution is 7.15. The van der Waals surface area contributed by atoms with Gasteiger partial charge in [-0.15, -0.1) is 11.3 Å². The molecule has 0 aliphatic carbocycles. The standard InChI is InChI=1S/C19H24N2OS/c1-13-6-4-8-16(10-13)19-20-15(3)17(23-19)11-18(22)21-9-5-7-14(2)12-21/h4,6,8,10,14H,5,7,9,11-12H2,1-3H3. The average molecular weight is 328 g/mol. The first-order valence-corrected chi connectivity index (χ1v) is 9.15. The topological polar surface area (TPSA) is 33.2 Å². The van der Waals surface area contributed by atoms with Crippen LogP contribution in [0.15, 0.2) is 24.3 Å². The number of aromatic nitrogens is 1. The molecule has 1 aromatic heterocycles. The number of amides is 1.